The van der Waals surface area contributed by atoms with E-state index in [1.807, 2.05) is 48.5 Å². The summed E-state index contributed by atoms with van der Waals surface area (Å²) in [6.07, 6.45) is 1.81. The molecule has 0 unspecified atom stereocenters. The highest BCUT2D eigenvalue weighted by Crippen LogP contribution is 2.29. The molecule has 2 amide bonds. The fourth-order valence-electron chi connectivity index (χ4n) is 2.13. The molecule has 0 aliphatic carbocycles. The second-order valence-corrected chi connectivity index (χ2v) is 5.61. The van der Waals surface area contributed by atoms with Crippen LogP contribution in [-0.2, 0) is 9.59 Å². The minimum atomic E-state index is -0.323. The molecule has 1 aliphatic rings. The van der Waals surface area contributed by atoms with E-state index in [0.29, 0.717) is 10.1 Å². The van der Waals surface area contributed by atoms with Crippen molar-refractivity contribution in [1.29, 1.82) is 0 Å². The zero-order chi connectivity index (χ0) is 14.8. The number of carbonyl (C=O) groups is 2. The van der Waals surface area contributed by atoms with Gasteiger partial charge in [-0.3, -0.25) is 9.59 Å². The van der Waals surface area contributed by atoms with E-state index in [-0.39, 0.29) is 11.8 Å². The molecule has 0 saturated heterocycles. The van der Waals surface area contributed by atoms with Crippen LogP contribution in [0.2, 0.25) is 0 Å². The molecule has 0 spiro atoms. The molecule has 2 aromatic carbocycles. The second kappa shape index (κ2) is 5.54. The molecule has 0 atom stereocenters. The Kier molecular flexibility index (Phi) is 3.58. The number of nitrogens with one attached hydrogen (secondary N) is 1. The summed E-state index contributed by atoms with van der Waals surface area (Å²) in [5.41, 5.74) is 0.961. The van der Waals surface area contributed by atoms with Crippen LogP contribution in [0.5, 0.6) is 0 Å². The number of fused-ring (bicyclic) bond motifs is 1. The minimum Gasteiger partial charge on any atom is -0.305 e. The van der Waals surface area contributed by atoms with Gasteiger partial charge in [-0.25, -0.2) is 0 Å². The molecule has 0 bridgehead atoms. The fourth-order valence-corrected chi connectivity index (χ4v) is 2.98. The van der Waals surface area contributed by atoms with Gasteiger partial charge in [0.1, 0.15) is 0 Å². The maximum atomic E-state index is 11.9. The van der Waals surface area contributed by atoms with E-state index in [1.165, 1.54) is 18.7 Å². The zero-order valence-electron chi connectivity index (χ0n) is 11.3. The summed E-state index contributed by atoms with van der Waals surface area (Å²) in [6.45, 7) is 1.39. The van der Waals surface area contributed by atoms with Crippen LogP contribution in [0.4, 0.5) is 0 Å². The maximum Gasteiger partial charge on any atom is 0.286 e. The lowest BCUT2D eigenvalue weighted by molar-refractivity contribution is -0.117. The van der Waals surface area contributed by atoms with Crippen molar-refractivity contribution in [1.82, 2.24) is 5.32 Å². The molecule has 3 rings (SSSR count). The number of thioether (sulfide) groups is 1. The van der Waals surface area contributed by atoms with Gasteiger partial charge in [0.25, 0.3) is 5.91 Å². The van der Waals surface area contributed by atoms with Crippen molar-refractivity contribution in [2.75, 3.05) is 0 Å². The Balaban J connectivity index is 1.95. The maximum absolute atomic E-state index is 11.9. The Morgan fingerprint density at radius 2 is 1.95 bits per heavy atom. The lowest BCUT2D eigenvalue weighted by atomic mass is 10.0. The van der Waals surface area contributed by atoms with Crippen LogP contribution in [-0.4, -0.2) is 17.0 Å². The predicted octanol–water partition coefficient (Wildman–Crippen LogP) is 2.95. The van der Waals surface area contributed by atoms with Crippen molar-refractivity contribution in [3.63, 3.8) is 0 Å². The summed E-state index contributed by atoms with van der Waals surface area (Å²) >= 11 is 1.18. The molecular formula is C16H12N2O2S. The van der Waals surface area contributed by atoms with Gasteiger partial charge in [-0.15, -0.1) is 0 Å². The molecule has 4 nitrogen and oxygen atoms in total. The van der Waals surface area contributed by atoms with Crippen molar-refractivity contribution in [2.24, 2.45) is 4.99 Å². The van der Waals surface area contributed by atoms with Crippen molar-refractivity contribution >= 4 is 45.6 Å². The monoisotopic (exact) mass is 296 g/mol. The predicted molar refractivity (Wildman–Crippen MR) is 85.8 cm³/mol. The van der Waals surface area contributed by atoms with Gasteiger partial charge in [-0.2, -0.15) is 4.99 Å². The van der Waals surface area contributed by atoms with E-state index in [2.05, 4.69) is 10.3 Å². The molecule has 0 aromatic heterocycles. The summed E-state index contributed by atoms with van der Waals surface area (Å²) in [6, 6.07) is 13.9. The van der Waals surface area contributed by atoms with Crippen LogP contribution in [0, 0.1) is 0 Å². The van der Waals surface area contributed by atoms with Crippen molar-refractivity contribution in [2.45, 2.75) is 6.92 Å². The topological polar surface area (TPSA) is 58.5 Å². The van der Waals surface area contributed by atoms with E-state index < -0.39 is 0 Å². The van der Waals surface area contributed by atoms with Crippen LogP contribution in [0.15, 0.2) is 52.4 Å². The number of hydrogen-bond donors (Lipinski definition) is 1. The third kappa shape index (κ3) is 2.87. The highest BCUT2D eigenvalue weighted by atomic mass is 32.2. The van der Waals surface area contributed by atoms with Crippen LogP contribution in [0.3, 0.4) is 0 Å². The number of hydrogen-bond acceptors (Lipinski definition) is 3. The van der Waals surface area contributed by atoms with Crippen molar-refractivity contribution in [3.8, 4) is 0 Å². The minimum absolute atomic E-state index is 0.236. The zero-order valence-corrected chi connectivity index (χ0v) is 12.1. The largest absolute Gasteiger partial charge is 0.305 e. The molecular weight excluding hydrogens is 284 g/mol. The summed E-state index contributed by atoms with van der Waals surface area (Å²) in [5, 5.41) is 5.06. The Labute approximate surface area is 125 Å². The van der Waals surface area contributed by atoms with Gasteiger partial charge < -0.3 is 5.32 Å². The second-order valence-electron chi connectivity index (χ2n) is 4.58. The van der Waals surface area contributed by atoms with Gasteiger partial charge in [-0.05, 0) is 34.2 Å². The molecule has 0 radical (unpaired) electrons. The van der Waals surface area contributed by atoms with E-state index in [9.17, 15) is 9.59 Å². The average Bonchev–Trinajstić information content (AvgIpc) is 2.78. The summed E-state index contributed by atoms with van der Waals surface area (Å²) < 4.78 is 0. The lowest BCUT2D eigenvalue weighted by Crippen LogP contribution is -2.23. The molecule has 1 heterocycles. The molecule has 0 fully saturated rings. The van der Waals surface area contributed by atoms with E-state index in [4.69, 9.17) is 0 Å². The van der Waals surface area contributed by atoms with Crippen LogP contribution in [0.25, 0.3) is 16.8 Å². The van der Waals surface area contributed by atoms with E-state index in [1.54, 1.807) is 0 Å². The highest BCUT2D eigenvalue weighted by Gasteiger charge is 2.22. The van der Waals surface area contributed by atoms with Crippen LogP contribution in [0.1, 0.15) is 12.5 Å². The number of nitrogens with zero attached hydrogens (tertiary/aromatic N) is 1. The molecule has 5 heteroatoms. The van der Waals surface area contributed by atoms with Gasteiger partial charge in [0.05, 0.1) is 4.91 Å². The third-order valence-corrected chi connectivity index (χ3v) is 3.91. The number of aliphatic imine (C=N–C) groups is 1. The number of rotatable bonds is 1. The van der Waals surface area contributed by atoms with E-state index >= 15 is 0 Å². The van der Waals surface area contributed by atoms with Gasteiger partial charge in [0.15, 0.2) is 5.17 Å². The standard InChI is InChI=1S/C16H12N2O2S/c1-10(19)17-16-18-15(20)14(21-16)9-12-7-4-6-11-5-2-3-8-13(11)12/h2-9H,1H3,(H,17,18,19,20)/b14-9-. The van der Waals surface area contributed by atoms with Gasteiger partial charge >= 0.3 is 0 Å². The molecule has 104 valence electrons. The number of amides is 2. The first kappa shape index (κ1) is 13.6. The number of benzene rings is 2. The Bertz CT molecular complexity index is 804. The summed E-state index contributed by atoms with van der Waals surface area (Å²) in [4.78, 5) is 27.2. The normalized spacial score (nSPS) is 16.3. The van der Waals surface area contributed by atoms with Gasteiger partial charge in [0.2, 0.25) is 5.91 Å². The summed E-state index contributed by atoms with van der Waals surface area (Å²) in [5.74, 6) is -0.558. The highest BCUT2D eigenvalue weighted by molar-refractivity contribution is 8.18. The molecule has 2 aromatic rings. The first-order valence-corrected chi connectivity index (χ1v) is 7.23. The SMILES string of the molecule is CC(=O)NC1=NC(=O)/C(=C/c2cccc3ccccc23)S1. The van der Waals surface area contributed by atoms with Crippen molar-refractivity contribution < 1.29 is 9.59 Å². The average molecular weight is 296 g/mol. The molecule has 0 saturated carbocycles. The first-order valence-electron chi connectivity index (χ1n) is 6.41. The quantitative estimate of drug-likeness (QED) is 0.823. The Morgan fingerprint density at radius 1 is 1.19 bits per heavy atom. The van der Waals surface area contributed by atoms with E-state index in [0.717, 1.165) is 16.3 Å². The number of carbonyl (C=O) groups excluding carboxylic acids is 2. The Morgan fingerprint density at radius 3 is 2.76 bits per heavy atom. The fraction of sp³-hybridized carbons (Fsp3) is 0.0625. The van der Waals surface area contributed by atoms with Crippen molar-refractivity contribution in [3.05, 3.63) is 52.9 Å². The first-order chi connectivity index (χ1) is 10.1. The molecule has 21 heavy (non-hydrogen) atoms. The third-order valence-electron chi connectivity index (χ3n) is 3.01. The smallest absolute Gasteiger partial charge is 0.286 e. The summed E-state index contributed by atoms with van der Waals surface area (Å²) in [7, 11) is 0. The Hall–Kier alpha value is -2.40. The van der Waals surface area contributed by atoms with Crippen LogP contribution < -0.4 is 5.32 Å². The molecule has 1 aliphatic heterocycles. The van der Waals surface area contributed by atoms with Gasteiger partial charge in [-0.1, -0.05) is 42.5 Å². The number of amidine groups is 1. The lowest BCUT2D eigenvalue weighted by Gasteiger charge is -2.03. The molecule has 1 N–H and O–H groups in total. The van der Waals surface area contributed by atoms with Gasteiger partial charge in [0, 0.05) is 6.92 Å². The van der Waals surface area contributed by atoms with Crippen LogP contribution >= 0.6 is 11.8 Å².